The lowest BCUT2D eigenvalue weighted by Crippen LogP contribution is -1.97. The molecule has 0 atom stereocenters. The molecule has 98 valence electrons. The summed E-state index contributed by atoms with van der Waals surface area (Å²) in [5, 5.41) is 9.03. The third-order valence-corrected chi connectivity index (χ3v) is 3.17. The van der Waals surface area contributed by atoms with Crippen molar-refractivity contribution in [3.05, 3.63) is 58.1 Å². The van der Waals surface area contributed by atoms with Crippen LogP contribution in [0, 0.1) is 0 Å². The molecule has 2 aromatic carbocycles. The highest BCUT2D eigenvalue weighted by molar-refractivity contribution is 9.10. The van der Waals surface area contributed by atoms with Crippen molar-refractivity contribution in [2.24, 2.45) is 0 Å². The fraction of sp³-hybridized carbons (Fsp3) is 0.133. The van der Waals surface area contributed by atoms with E-state index in [0.717, 1.165) is 16.3 Å². The van der Waals surface area contributed by atoms with Gasteiger partial charge in [0.1, 0.15) is 11.5 Å². The van der Waals surface area contributed by atoms with Gasteiger partial charge in [0.15, 0.2) is 6.29 Å². The van der Waals surface area contributed by atoms with Gasteiger partial charge in [0.05, 0.1) is 5.56 Å². The van der Waals surface area contributed by atoms with Crippen LogP contribution in [0.4, 0.5) is 0 Å². The van der Waals surface area contributed by atoms with Crippen molar-refractivity contribution in [3.8, 4) is 11.5 Å². The summed E-state index contributed by atoms with van der Waals surface area (Å²) in [5.41, 5.74) is 1.39. The molecule has 0 saturated heterocycles. The van der Waals surface area contributed by atoms with E-state index in [9.17, 15) is 4.79 Å². The van der Waals surface area contributed by atoms with Crippen molar-refractivity contribution in [1.82, 2.24) is 0 Å². The summed E-state index contributed by atoms with van der Waals surface area (Å²) in [7, 11) is 0. The number of aliphatic hydroxyl groups excluding tert-OH is 1. The number of carbonyl (C=O) groups is 1. The highest BCUT2D eigenvalue weighted by Crippen LogP contribution is 2.29. The standard InChI is InChI=1S/C15H13BrO3/c16-13-5-6-15(12(9-13)10-18)19-14-4-2-1-3-11(14)7-8-17/h1-6,9-10,17H,7-8H2. The molecule has 0 amide bonds. The highest BCUT2D eigenvalue weighted by atomic mass is 79.9. The second kappa shape index (κ2) is 6.50. The minimum Gasteiger partial charge on any atom is -0.456 e. The third kappa shape index (κ3) is 3.43. The summed E-state index contributed by atoms with van der Waals surface area (Å²) in [6.45, 7) is 0.0568. The zero-order chi connectivity index (χ0) is 13.7. The van der Waals surface area contributed by atoms with E-state index in [1.54, 1.807) is 12.1 Å². The van der Waals surface area contributed by atoms with Gasteiger partial charge in [0.25, 0.3) is 0 Å². The molecular formula is C15H13BrO3. The summed E-state index contributed by atoms with van der Waals surface area (Å²) in [4.78, 5) is 11.0. The first-order valence-corrected chi connectivity index (χ1v) is 6.65. The molecule has 4 heteroatoms. The molecule has 1 N–H and O–H groups in total. The Kier molecular flexibility index (Phi) is 4.71. The Labute approximate surface area is 120 Å². The molecule has 2 rings (SSSR count). The van der Waals surface area contributed by atoms with Crippen molar-refractivity contribution in [1.29, 1.82) is 0 Å². The summed E-state index contributed by atoms with van der Waals surface area (Å²) >= 11 is 3.31. The molecule has 0 unspecified atom stereocenters. The Morgan fingerprint density at radius 3 is 2.68 bits per heavy atom. The van der Waals surface area contributed by atoms with Crippen LogP contribution in [0.15, 0.2) is 46.9 Å². The number of hydrogen-bond acceptors (Lipinski definition) is 3. The van der Waals surface area contributed by atoms with Crippen molar-refractivity contribution in [2.45, 2.75) is 6.42 Å². The van der Waals surface area contributed by atoms with Gasteiger partial charge < -0.3 is 9.84 Å². The molecule has 0 aliphatic heterocycles. The highest BCUT2D eigenvalue weighted by Gasteiger charge is 2.08. The molecule has 3 nitrogen and oxygen atoms in total. The molecule has 0 aliphatic carbocycles. The fourth-order valence-electron chi connectivity index (χ4n) is 1.75. The van der Waals surface area contributed by atoms with Crippen LogP contribution in [0.25, 0.3) is 0 Å². The maximum Gasteiger partial charge on any atom is 0.153 e. The summed E-state index contributed by atoms with van der Waals surface area (Å²) in [6, 6.07) is 12.7. The SMILES string of the molecule is O=Cc1cc(Br)ccc1Oc1ccccc1CCO. The average molecular weight is 321 g/mol. The second-order valence-electron chi connectivity index (χ2n) is 3.98. The fourth-order valence-corrected chi connectivity index (χ4v) is 2.13. The van der Waals surface area contributed by atoms with E-state index >= 15 is 0 Å². The predicted octanol–water partition coefficient (Wildman–Crippen LogP) is 3.59. The molecule has 0 bridgehead atoms. The van der Waals surface area contributed by atoms with Crippen molar-refractivity contribution in [3.63, 3.8) is 0 Å². The monoisotopic (exact) mass is 320 g/mol. The first-order chi connectivity index (χ1) is 9.24. The molecule has 0 aliphatic rings. The van der Waals surface area contributed by atoms with Gasteiger partial charge in [-0.3, -0.25) is 4.79 Å². The maximum atomic E-state index is 11.0. The normalized spacial score (nSPS) is 10.2. The van der Waals surface area contributed by atoms with Gasteiger partial charge in [-0.15, -0.1) is 0 Å². The van der Waals surface area contributed by atoms with E-state index in [-0.39, 0.29) is 6.61 Å². The Morgan fingerprint density at radius 2 is 1.95 bits per heavy atom. The van der Waals surface area contributed by atoms with E-state index in [0.29, 0.717) is 23.5 Å². The largest absolute Gasteiger partial charge is 0.456 e. The molecule has 0 heterocycles. The van der Waals surface area contributed by atoms with Crippen LogP contribution in [0.3, 0.4) is 0 Å². The summed E-state index contributed by atoms with van der Waals surface area (Å²) in [6.07, 6.45) is 1.28. The van der Waals surface area contributed by atoms with E-state index in [1.807, 2.05) is 30.3 Å². The lowest BCUT2D eigenvalue weighted by Gasteiger charge is -2.12. The quantitative estimate of drug-likeness (QED) is 0.856. The van der Waals surface area contributed by atoms with E-state index in [4.69, 9.17) is 9.84 Å². The number of aliphatic hydroxyl groups is 1. The Morgan fingerprint density at radius 1 is 1.16 bits per heavy atom. The number of para-hydroxylation sites is 1. The molecular weight excluding hydrogens is 308 g/mol. The third-order valence-electron chi connectivity index (χ3n) is 2.67. The van der Waals surface area contributed by atoms with Gasteiger partial charge in [-0.1, -0.05) is 34.1 Å². The predicted molar refractivity (Wildman–Crippen MR) is 76.8 cm³/mol. The first-order valence-electron chi connectivity index (χ1n) is 5.86. The summed E-state index contributed by atoms with van der Waals surface area (Å²) < 4.78 is 6.60. The zero-order valence-electron chi connectivity index (χ0n) is 10.2. The molecule has 0 saturated carbocycles. The van der Waals surface area contributed by atoms with E-state index in [2.05, 4.69) is 15.9 Å². The number of aldehydes is 1. The van der Waals surface area contributed by atoms with Gasteiger partial charge in [-0.25, -0.2) is 0 Å². The van der Waals surface area contributed by atoms with Crippen LogP contribution < -0.4 is 4.74 Å². The van der Waals surface area contributed by atoms with Crippen molar-refractivity contribution < 1.29 is 14.6 Å². The van der Waals surface area contributed by atoms with Gasteiger partial charge in [-0.2, -0.15) is 0 Å². The van der Waals surface area contributed by atoms with E-state index in [1.165, 1.54) is 0 Å². The van der Waals surface area contributed by atoms with Crippen LogP contribution in [0.1, 0.15) is 15.9 Å². The summed E-state index contributed by atoms with van der Waals surface area (Å²) in [5.74, 6) is 1.16. The number of halogens is 1. The zero-order valence-corrected chi connectivity index (χ0v) is 11.8. The molecule has 0 radical (unpaired) electrons. The number of ether oxygens (including phenoxy) is 1. The van der Waals surface area contributed by atoms with Crippen LogP contribution in [0.5, 0.6) is 11.5 Å². The Balaban J connectivity index is 2.33. The number of hydrogen-bond donors (Lipinski definition) is 1. The van der Waals surface area contributed by atoms with Crippen LogP contribution in [-0.4, -0.2) is 18.0 Å². The smallest absolute Gasteiger partial charge is 0.153 e. The minimum absolute atomic E-state index is 0.0568. The Hall–Kier alpha value is -1.65. The van der Waals surface area contributed by atoms with E-state index < -0.39 is 0 Å². The minimum atomic E-state index is 0.0568. The van der Waals surface area contributed by atoms with Crippen LogP contribution >= 0.6 is 15.9 Å². The molecule has 19 heavy (non-hydrogen) atoms. The van der Waals surface area contributed by atoms with Gasteiger partial charge in [-0.05, 0) is 36.2 Å². The van der Waals surface area contributed by atoms with Crippen molar-refractivity contribution in [2.75, 3.05) is 6.61 Å². The topological polar surface area (TPSA) is 46.5 Å². The maximum absolute atomic E-state index is 11.0. The second-order valence-corrected chi connectivity index (χ2v) is 4.90. The molecule has 2 aromatic rings. The lowest BCUT2D eigenvalue weighted by molar-refractivity contribution is 0.112. The number of benzene rings is 2. The van der Waals surface area contributed by atoms with Gasteiger partial charge >= 0.3 is 0 Å². The first kappa shape index (κ1) is 13.8. The van der Waals surface area contributed by atoms with Crippen LogP contribution in [0.2, 0.25) is 0 Å². The number of carbonyl (C=O) groups excluding carboxylic acids is 1. The Bertz CT molecular complexity index is 581. The van der Waals surface area contributed by atoms with Gasteiger partial charge in [0.2, 0.25) is 0 Å². The number of rotatable bonds is 5. The molecule has 0 spiro atoms. The molecule has 0 fully saturated rings. The lowest BCUT2D eigenvalue weighted by atomic mass is 10.1. The molecule has 0 aromatic heterocycles. The van der Waals surface area contributed by atoms with Gasteiger partial charge in [0, 0.05) is 11.1 Å². The van der Waals surface area contributed by atoms with Crippen LogP contribution in [-0.2, 0) is 6.42 Å². The average Bonchev–Trinajstić information content (AvgIpc) is 2.43. The van der Waals surface area contributed by atoms with Crippen molar-refractivity contribution >= 4 is 22.2 Å².